The minimum Gasteiger partial charge on any atom is -0.454 e. The highest BCUT2D eigenvalue weighted by Gasteiger charge is 2.19. The molecule has 178 valence electrons. The van der Waals surface area contributed by atoms with Gasteiger partial charge in [-0.05, 0) is 42.5 Å². The highest BCUT2D eigenvalue weighted by Crippen LogP contribution is 2.38. The van der Waals surface area contributed by atoms with Gasteiger partial charge in [0.1, 0.15) is 16.5 Å². The maximum Gasteiger partial charge on any atom is 0.235 e. The van der Waals surface area contributed by atoms with Crippen LogP contribution in [0.15, 0.2) is 95.4 Å². The summed E-state index contributed by atoms with van der Waals surface area (Å²) in [6, 6.07) is 28.9. The van der Waals surface area contributed by atoms with Crippen molar-refractivity contribution in [3.05, 3.63) is 101 Å². The van der Waals surface area contributed by atoms with E-state index in [9.17, 15) is 0 Å². The van der Waals surface area contributed by atoms with Gasteiger partial charge in [-0.2, -0.15) is 9.61 Å². The average Bonchev–Trinajstić information content (AvgIpc) is 3.66. The lowest BCUT2D eigenvalue weighted by Crippen LogP contribution is -1.92. The summed E-state index contributed by atoms with van der Waals surface area (Å²) in [5, 5.41) is 16.6. The van der Waals surface area contributed by atoms with Crippen molar-refractivity contribution in [2.24, 2.45) is 0 Å². The third-order valence-electron chi connectivity index (χ3n) is 6.02. The topological polar surface area (TPSA) is 69.1 Å². The number of para-hydroxylation sites is 1. The number of rotatable bonds is 4. The third-order valence-corrected chi connectivity index (χ3v) is 7.52. The van der Waals surface area contributed by atoms with Gasteiger partial charge in [-0.3, -0.25) is 0 Å². The van der Waals surface area contributed by atoms with Crippen molar-refractivity contribution in [3.63, 3.8) is 0 Å². The summed E-state index contributed by atoms with van der Waals surface area (Å²) in [6.07, 6.45) is 0. The molecular weight excluding hydrogens is 525 g/mol. The van der Waals surface area contributed by atoms with Gasteiger partial charge in [-0.15, -0.1) is 10.2 Å². The van der Waals surface area contributed by atoms with E-state index in [1.807, 2.05) is 72.8 Å². The lowest BCUT2D eigenvalue weighted by molar-refractivity contribution is 0.595. The fourth-order valence-electron chi connectivity index (χ4n) is 4.28. The first-order valence-corrected chi connectivity index (χ1v) is 12.9. The summed E-state index contributed by atoms with van der Waals surface area (Å²) in [5.74, 6) is 1.93. The van der Waals surface area contributed by atoms with Gasteiger partial charge in [0.05, 0.1) is 10.5 Å². The number of fused-ring (bicyclic) bond motifs is 2. The number of hydrogen-bond acceptors (Lipinski definition) is 6. The van der Waals surface area contributed by atoms with Crippen molar-refractivity contribution in [1.29, 1.82) is 0 Å². The summed E-state index contributed by atoms with van der Waals surface area (Å²) in [4.78, 5) is 5.59. The standard InChI is InChI=1S/C28H15Cl2N5OS/c29-17-10-11-21(30)20(14-17)24-12-13-25(36-24)23-15-19(18-8-4-5-9-22(18)31-23)27-34-35-26(32-33-28(35)37-27)16-6-2-1-3-7-16/h1-15H. The summed E-state index contributed by atoms with van der Waals surface area (Å²) >= 11 is 14.1. The molecule has 0 bridgehead atoms. The molecule has 0 saturated carbocycles. The molecule has 7 rings (SSSR count). The van der Waals surface area contributed by atoms with E-state index >= 15 is 0 Å². The normalized spacial score (nSPS) is 11.5. The van der Waals surface area contributed by atoms with Gasteiger partial charge < -0.3 is 4.42 Å². The SMILES string of the molecule is Clc1ccc(Cl)c(-c2ccc(-c3cc(-c4nn5c(-c6ccccc6)nnc5s4)c4ccccc4n3)o2)c1. The van der Waals surface area contributed by atoms with Crippen molar-refractivity contribution < 1.29 is 4.42 Å². The quantitative estimate of drug-likeness (QED) is 0.225. The largest absolute Gasteiger partial charge is 0.454 e. The Morgan fingerprint density at radius 3 is 2.46 bits per heavy atom. The first kappa shape index (κ1) is 22.2. The zero-order chi connectivity index (χ0) is 24.9. The smallest absolute Gasteiger partial charge is 0.235 e. The van der Waals surface area contributed by atoms with Crippen molar-refractivity contribution in [2.75, 3.05) is 0 Å². The number of furan rings is 1. The Hall–Kier alpha value is -4.04. The molecule has 0 aliphatic carbocycles. The molecule has 37 heavy (non-hydrogen) atoms. The fourth-order valence-corrected chi connectivity index (χ4v) is 5.53. The van der Waals surface area contributed by atoms with Crippen LogP contribution < -0.4 is 0 Å². The van der Waals surface area contributed by atoms with E-state index in [4.69, 9.17) is 37.7 Å². The summed E-state index contributed by atoms with van der Waals surface area (Å²) in [5.41, 5.74) is 4.14. The van der Waals surface area contributed by atoms with Crippen molar-refractivity contribution >= 4 is 50.4 Å². The van der Waals surface area contributed by atoms with Gasteiger partial charge in [0, 0.05) is 27.1 Å². The Bertz CT molecular complexity index is 1930. The zero-order valence-corrected chi connectivity index (χ0v) is 21.3. The number of benzene rings is 3. The van der Waals surface area contributed by atoms with Crippen LogP contribution in [0.3, 0.4) is 0 Å². The summed E-state index contributed by atoms with van der Waals surface area (Å²) in [7, 11) is 0. The monoisotopic (exact) mass is 539 g/mol. The summed E-state index contributed by atoms with van der Waals surface area (Å²) < 4.78 is 7.99. The Labute approximate surface area is 224 Å². The maximum absolute atomic E-state index is 6.40. The first-order chi connectivity index (χ1) is 18.1. The van der Waals surface area contributed by atoms with Gasteiger partial charge in [-0.25, -0.2) is 4.98 Å². The molecule has 7 aromatic rings. The van der Waals surface area contributed by atoms with Gasteiger partial charge in [0.25, 0.3) is 0 Å². The highest BCUT2D eigenvalue weighted by atomic mass is 35.5. The van der Waals surface area contributed by atoms with E-state index < -0.39 is 0 Å². The molecule has 0 spiro atoms. The van der Waals surface area contributed by atoms with E-state index in [0.29, 0.717) is 38.0 Å². The number of hydrogen-bond donors (Lipinski definition) is 0. The van der Waals surface area contributed by atoms with E-state index in [1.165, 1.54) is 11.3 Å². The molecule has 0 aliphatic heterocycles. The fraction of sp³-hybridized carbons (Fsp3) is 0. The van der Waals surface area contributed by atoms with E-state index in [0.717, 1.165) is 32.6 Å². The molecule has 0 atom stereocenters. The Balaban J connectivity index is 1.37. The second kappa shape index (κ2) is 8.81. The molecule has 6 nitrogen and oxygen atoms in total. The lowest BCUT2D eigenvalue weighted by atomic mass is 10.1. The van der Waals surface area contributed by atoms with Crippen LogP contribution in [0.5, 0.6) is 0 Å². The Kier molecular flexibility index (Phi) is 5.28. The van der Waals surface area contributed by atoms with Gasteiger partial charge in [0.2, 0.25) is 4.96 Å². The van der Waals surface area contributed by atoms with Crippen LogP contribution in [0.25, 0.3) is 60.6 Å². The number of nitrogens with zero attached hydrogens (tertiary/aromatic N) is 5. The van der Waals surface area contributed by atoms with Crippen LogP contribution in [-0.4, -0.2) is 24.8 Å². The van der Waals surface area contributed by atoms with E-state index in [-0.39, 0.29) is 0 Å². The summed E-state index contributed by atoms with van der Waals surface area (Å²) in [6.45, 7) is 0. The van der Waals surface area contributed by atoms with Crippen LogP contribution in [0, 0.1) is 0 Å². The molecule has 9 heteroatoms. The molecule has 0 N–H and O–H groups in total. The lowest BCUT2D eigenvalue weighted by Gasteiger charge is -2.07. The Morgan fingerprint density at radius 2 is 1.57 bits per heavy atom. The van der Waals surface area contributed by atoms with Gasteiger partial charge in [-0.1, -0.05) is 83.1 Å². The molecule has 0 saturated heterocycles. The molecule has 4 aromatic heterocycles. The predicted molar refractivity (Wildman–Crippen MR) is 148 cm³/mol. The van der Waals surface area contributed by atoms with Crippen LogP contribution in [-0.2, 0) is 0 Å². The van der Waals surface area contributed by atoms with Crippen LogP contribution >= 0.6 is 34.5 Å². The van der Waals surface area contributed by atoms with Gasteiger partial charge in [0.15, 0.2) is 11.6 Å². The molecule has 0 unspecified atom stereocenters. The molecule has 4 heterocycles. The minimum atomic E-state index is 0.562. The van der Waals surface area contributed by atoms with Crippen LogP contribution in [0.1, 0.15) is 0 Å². The molecule has 0 aliphatic rings. The predicted octanol–water partition coefficient (Wildman–Crippen LogP) is 8.30. The second-order valence-corrected chi connectivity index (χ2v) is 10.2. The number of aromatic nitrogens is 5. The molecule has 3 aromatic carbocycles. The van der Waals surface area contributed by atoms with Gasteiger partial charge >= 0.3 is 0 Å². The average molecular weight is 540 g/mol. The zero-order valence-electron chi connectivity index (χ0n) is 19.0. The minimum absolute atomic E-state index is 0.562. The molecule has 0 amide bonds. The molecule has 0 radical (unpaired) electrons. The van der Waals surface area contributed by atoms with E-state index in [2.05, 4.69) is 10.2 Å². The highest BCUT2D eigenvalue weighted by molar-refractivity contribution is 7.20. The molecule has 0 fully saturated rings. The van der Waals surface area contributed by atoms with E-state index in [1.54, 1.807) is 22.7 Å². The van der Waals surface area contributed by atoms with Crippen LogP contribution in [0.2, 0.25) is 10.0 Å². The third kappa shape index (κ3) is 3.88. The Morgan fingerprint density at radius 1 is 0.757 bits per heavy atom. The van der Waals surface area contributed by atoms with Crippen molar-refractivity contribution in [1.82, 2.24) is 24.8 Å². The number of halogens is 2. The number of pyridine rings is 1. The molecular formula is C28H15Cl2N5OS. The van der Waals surface area contributed by atoms with Crippen LogP contribution in [0.4, 0.5) is 0 Å². The van der Waals surface area contributed by atoms with Crippen molar-refractivity contribution in [3.8, 4) is 44.7 Å². The van der Waals surface area contributed by atoms with Crippen molar-refractivity contribution in [2.45, 2.75) is 0 Å². The second-order valence-electron chi connectivity index (χ2n) is 8.35. The first-order valence-electron chi connectivity index (χ1n) is 11.4. The maximum atomic E-state index is 6.40.